The van der Waals surface area contributed by atoms with E-state index in [1.807, 2.05) is 28.8 Å². The highest BCUT2D eigenvalue weighted by Gasteiger charge is 2.17. The molecule has 1 unspecified atom stereocenters. The van der Waals surface area contributed by atoms with Gasteiger partial charge in [-0.2, -0.15) is 0 Å². The molecule has 0 aliphatic carbocycles. The van der Waals surface area contributed by atoms with Gasteiger partial charge in [0, 0.05) is 36.8 Å². The summed E-state index contributed by atoms with van der Waals surface area (Å²) in [5.41, 5.74) is 1.50. The van der Waals surface area contributed by atoms with Gasteiger partial charge < -0.3 is 19.7 Å². The number of para-hydroxylation sites is 1. The van der Waals surface area contributed by atoms with Gasteiger partial charge in [-0.05, 0) is 13.0 Å². The number of benzene rings is 1. The zero-order valence-corrected chi connectivity index (χ0v) is 12.7. The summed E-state index contributed by atoms with van der Waals surface area (Å²) >= 11 is 0. The summed E-state index contributed by atoms with van der Waals surface area (Å²) in [6.07, 6.45) is 1.68. The lowest BCUT2D eigenvalue weighted by Gasteiger charge is -2.10. The van der Waals surface area contributed by atoms with E-state index in [9.17, 15) is 9.59 Å². The molecular formula is C16H20N2O4. The van der Waals surface area contributed by atoms with Crippen LogP contribution in [0.2, 0.25) is 0 Å². The number of aromatic nitrogens is 1. The fraction of sp³-hybridized carbons (Fsp3) is 0.375. The Kier molecular flexibility index (Phi) is 5.16. The standard InChI is InChI=1S/C16H20N2O4/c1-11(9-15(19)20)17-16(21)13-10-18(7-8-22-2)14-6-4-3-5-12(13)14/h3-6,10-11H,7-9H2,1-2H3,(H,17,21)(H,19,20). The van der Waals surface area contributed by atoms with E-state index in [0.29, 0.717) is 18.7 Å². The summed E-state index contributed by atoms with van der Waals surface area (Å²) in [7, 11) is 1.63. The zero-order valence-electron chi connectivity index (χ0n) is 12.7. The number of carbonyl (C=O) groups is 2. The molecule has 0 saturated carbocycles. The first kappa shape index (κ1) is 16.0. The van der Waals surface area contributed by atoms with Gasteiger partial charge in [-0.3, -0.25) is 9.59 Å². The lowest BCUT2D eigenvalue weighted by atomic mass is 10.1. The monoisotopic (exact) mass is 304 g/mol. The van der Waals surface area contributed by atoms with Crippen molar-refractivity contribution in [3.63, 3.8) is 0 Å². The number of hydrogen-bond donors (Lipinski definition) is 2. The number of carbonyl (C=O) groups excluding carboxylic acids is 1. The van der Waals surface area contributed by atoms with Crippen LogP contribution >= 0.6 is 0 Å². The number of carboxylic acid groups (broad SMARTS) is 1. The van der Waals surface area contributed by atoms with Crippen molar-refractivity contribution in [3.05, 3.63) is 36.0 Å². The number of amides is 1. The molecule has 1 aromatic heterocycles. The highest BCUT2D eigenvalue weighted by molar-refractivity contribution is 6.07. The van der Waals surface area contributed by atoms with Crippen molar-refractivity contribution in [2.24, 2.45) is 0 Å². The van der Waals surface area contributed by atoms with Crippen molar-refractivity contribution in [1.82, 2.24) is 9.88 Å². The Morgan fingerprint density at radius 2 is 2.09 bits per heavy atom. The highest BCUT2D eigenvalue weighted by Crippen LogP contribution is 2.21. The van der Waals surface area contributed by atoms with E-state index in [-0.39, 0.29) is 12.3 Å². The smallest absolute Gasteiger partial charge is 0.305 e. The molecule has 0 fully saturated rings. The van der Waals surface area contributed by atoms with Crippen LogP contribution in [0.5, 0.6) is 0 Å². The number of ether oxygens (including phenoxy) is 1. The SMILES string of the molecule is COCCn1cc(C(=O)NC(C)CC(=O)O)c2ccccc21. The second-order valence-electron chi connectivity index (χ2n) is 5.22. The van der Waals surface area contributed by atoms with Gasteiger partial charge in [0.1, 0.15) is 0 Å². The predicted octanol–water partition coefficient (Wildman–Crippen LogP) is 1.88. The molecular weight excluding hydrogens is 284 g/mol. The average Bonchev–Trinajstić information content (AvgIpc) is 2.83. The second kappa shape index (κ2) is 7.09. The van der Waals surface area contributed by atoms with Crippen LogP contribution in [0.1, 0.15) is 23.7 Å². The molecule has 2 rings (SSSR count). The second-order valence-corrected chi connectivity index (χ2v) is 5.22. The third-order valence-electron chi connectivity index (χ3n) is 3.43. The fourth-order valence-electron chi connectivity index (χ4n) is 2.42. The average molecular weight is 304 g/mol. The topological polar surface area (TPSA) is 80.6 Å². The maximum absolute atomic E-state index is 12.4. The molecule has 6 nitrogen and oxygen atoms in total. The maximum Gasteiger partial charge on any atom is 0.305 e. The molecule has 0 aliphatic heterocycles. The van der Waals surface area contributed by atoms with Crippen molar-refractivity contribution in [1.29, 1.82) is 0 Å². The number of fused-ring (bicyclic) bond motifs is 1. The van der Waals surface area contributed by atoms with Crippen LogP contribution in [-0.2, 0) is 16.1 Å². The summed E-state index contributed by atoms with van der Waals surface area (Å²) < 4.78 is 7.05. The minimum atomic E-state index is -0.935. The van der Waals surface area contributed by atoms with Crippen LogP contribution in [0.25, 0.3) is 10.9 Å². The van der Waals surface area contributed by atoms with E-state index >= 15 is 0 Å². The molecule has 0 aliphatic rings. The minimum Gasteiger partial charge on any atom is -0.481 e. The molecule has 0 spiro atoms. The van der Waals surface area contributed by atoms with E-state index in [2.05, 4.69) is 5.32 Å². The zero-order chi connectivity index (χ0) is 16.1. The lowest BCUT2D eigenvalue weighted by molar-refractivity contribution is -0.137. The molecule has 0 radical (unpaired) electrons. The molecule has 0 saturated heterocycles. The Labute approximate surface area is 128 Å². The lowest BCUT2D eigenvalue weighted by Crippen LogP contribution is -2.34. The molecule has 1 amide bonds. The van der Waals surface area contributed by atoms with Crippen molar-refractivity contribution < 1.29 is 19.4 Å². The summed E-state index contributed by atoms with van der Waals surface area (Å²) in [5.74, 6) is -1.20. The Morgan fingerprint density at radius 1 is 1.36 bits per heavy atom. The predicted molar refractivity (Wildman–Crippen MR) is 83.0 cm³/mol. The van der Waals surface area contributed by atoms with Gasteiger partial charge in [-0.15, -0.1) is 0 Å². The van der Waals surface area contributed by atoms with Gasteiger partial charge in [-0.1, -0.05) is 18.2 Å². The number of methoxy groups -OCH3 is 1. The Balaban J connectivity index is 2.26. The third kappa shape index (κ3) is 3.65. The van der Waals surface area contributed by atoms with E-state index < -0.39 is 12.0 Å². The largest absolute Gasteiger partial charge is 0.481 e. The van der Waals surface area contributed by atoms with Gasteiger partial charge in [0.05, 0.1) is 18.6 Å². The molecule has 22 heavy (non-hydrogen) atoms. The first-order valence-corrected chi connectivity index (χ1v) is 7.12. The van der Waals surface area contributed by atoms with E-state index in [1.54, 1.807) is 20.2 Å². The Bertz CT molecular complexity index is 678. The number of nitrogens with one attached hydrogen (secondary N) is 1. The molecule has 1 atom stereocenters. The summed E-state index contributed by atoms with van der Waals surface area (Å²) in [6, 6.07) is 7.20. The number of nitrogens with zero attached hydrogens (tertiary/aromatic N) is 1. The van der Waals surface area contributed by atoms with Crippen LogP contribution in [0, 0.1) is 0 Å². The summed E-state index contributed by atoms with van der Waals surface area (Å²) in [5, 5.41) is 12.3. The van der Waals surface area contributed by atoms with Crippen molar-refractivity contribution in [3.8, 4) is 0 Å². The summed E-state index contributed by atoms with van der Waals surface area (Å²) in [6.45, 7) is 2.88. The third-order valence-corrected chi connectivity index (χ3v) is 3.43. The molecule has 6 heteroatoms. The van der Waals surface area contributed by atoms with Gasteiger partial charge in [0.25, 0.3) is 5.91 Å². The molecule has 2 aromatic rings. The first-order valence-electron chi connectivity index (χ1n) is 7.12. The Hall–Kier alpha value is -2.34. The van der Waals surface area contributed by atoms with Crippen molar-refractivity contribution >= 4 is 22.8 Å². The van der Waals surface area contributed by atoms with Gasteiger partial charge in [0.15, 0.2) is 0 Å². The molecule has 118 valence electrons. The van der Waals surface area contributed by atoms with Gasteiger partial charge >= 0.3 is 5.97 Å². The molecule has 2 N–H and O–H groups in total. The normalized spacial score (nSPS) is 12.3. The van der Waals surface area contributed by atoms with Crippen LogP contribution in [0.4, 0.5) is 0 Å². The highest BCUT2D eigenvalue weighted by atomic mass is 16.5. The van der Waals surface area contributed by atoms with E-state index in [4.69, 9.17) is 9.84 Å². The van der Waals surface area contributed by atoms with Crippen molar-refractivity contribution in [2.45, 2.75) is 25.9 Å². The molecule has 1 aromatic carbocycles. The minimum absolute atomic E-state index is 0.103. The molecule has 0 bridgehead atoms. The number of hydrogen-bond acceptors (Lipinski definition) is 3. The van der Waals surface area contributed by atoms with Crippen LogP contribution < -0.4 is 5.32 Å². The number of carboxylic acids is 1. The van der Waals surface area contributed by atoms with Crippen LogP contribution in [-0.4, -0.2) is 41.3 Å². The van der Waals surface area contributed by atoms with Gasteiger partial charge in [-0.25, -0.2) is 0 Å². The van der Waals surface area contributed by atoms with E-state index in [0.717, 1.165) is 10.9 Å². The van der Waals surface area contributed by atoms with E-state index in [1.165, 1.54) is 0 Å². The fourth-order valence-corrected chi connectivity index (χ4v) is 2.42. The first-order chi connectivity index (χ1) is 10.5. The Morgan fingerprint density at radius 3 is 2.77 bits per heavy atom. The maximum atomic E-state index is 12.4. The van der Waals surface area contributed by atoms with Crippen molar-refractivity contribution in [2.75, 3.05) is 13.7 Å². The number of aliphatic carboxylic acids is 1. The summed E-state index contributed by atoms with van der Waals surface area (Å²) in [4.78, 5) is 23.1. The van der Waals surface area contributed by atoms with Gasteiger partial charge in [0.2, 0.25) is 0 Å². The van der Waals surface area contributed by atoms with Crippen LogP contribution in [0.3, 0.4) is 0 Å². The quantitative estimate of drug-likeness (QED) is 0.818. The number of rotatable bonds is 7. The molecule has 1 heterocycles. The van der Waals surface area contributed by atoms with Crippen LogP contribution in [0.15, 0.2) is 30.5 Å².